The number of carboxylic acids is 1. The Hall–Kier alpha value is -3.78. The number of anilines is 1. The molecule has 6 nitrogen and oxygen atoms in total. The van der Waals surface area contributed by atoms with E-state index in [2.05, 4.69) is 10.3 Å². The second kappa shape index (κ2) is 10.3. The Kier molecular flexibility index (Phi) is 6.93. The molecule has 1 amide bonds. The molecule has 1 N–H and O–H groups in total. The van der Waals surface area contributed by atoms with E-state index in [0.29, 0.717) is 27.6 Å². The summed E-state index contributed by atoms with van der Waals surface area (Å²) in [6.07, 6.45) is 4.52. The van der Waals surface area contributed by atoms with Gasteiger partial charge < -0.3 is 19.8 Å². The highest BCUT2D eigenvalue weighted by Crippen LogP contribution is 2.39. The molecule has 3 aromatic carbocycles. The van der Waals surface area contributed by atoms with E-state index in [-0.39, 0.29) is 22.9 Å². The zero-order chi connectivity index (χ0) is 26.1. The van der Waals surface area contributed by atoms with Gasteiger partial charge in [0.25, 0.3) is 0 Å². The van der Waals surface area contributed by atoms with E-state index in [4.69, 9.17) is 11.6 Å². The van der Waals surface area contributed by atoms with Gasteiger partial charge in [0, 0.05) is 28.4 Å². The third-order valence-corrected chi connectivity index (χ3v) is 7.12. The van der Waals surface area contributed by atoms with Gasteiger partial charge >= 0.3 is 0 Å². The fourth-order valence-corrected chi connectivity index (χ4v) is 5.20. The van der Waals surface area contributed by atoms with Gasteiger partial charge in [0.2, 0.25) is 5.91 Å². The number of hydrogen-bond donors (Lipinski definition) is 1. The summed E-state index contributed by atoms with van der Waals surface area (Å²) >= 11 is 6.08. The minimum Gasteiger partial charge on any atom is -0.545 e. The summed E-state index contributed by atoms with van der Waals surface area (Å²) in [5.41, 5.74) is 1.58. The lowest BCUT2D eigenvalue weighted by Crippen LogP contribution is -2.33. The van der Waals surface area contributed by atoms with Crippen molar-refractivity contribution in [3.05, 3.63) is 82.9 Å². The van der Waals surface area contributed by atoms with Crippen LogP contribution >= 0.6 is 11.6 Å². The molecule has 37 heavy (non-hydrogen) atoms. The van der Waals surface area contributed by atoms with Crippen LogP contribution in [0.3, 0.4) is 0 Å². The quantitative estimate of drug-likeness (QED) is 0.349. The first-order valence-corrected chi connectivity index (χ1v) is 12.4. The van der Waals surface area contributed by atoms with Gasteiger partial charge in [-0.15, -0.1) is 0 Å². The van der Waals surface area contributed by atoms with Crippen LogP contribution in [0, 0.1) is 17.6 Å². The molecule has 190 valence electrons. The van der Waals surface area contributed by atoms with Gasteiger partial charge in [-0.1, -0.05) is 43.0 Å². The lowest BCUT2D eigenvalue weighted by molar-refractivity contribution is -0.255. The van der Waals surface area contributed by atoms with E-state index in [9.17, 15) is 23.5 Å². The van der Waals surface area contributed by atoms with Gasteiger partial charge in [-0.25, -0.2) is 13.8 Å². The van der Waals surface area contributed by atoms with E-state index < -0.39 is 23.6 Å². The summed E-state index contributed by atoms with van der Waals surface area (Å²) in [6.45, 7) is 0. The highest BCUT2D eigenvalue weighted by atomic mass is 35.5. The highest BCUT2D eigenvalue weighted by Gasteiger charge is 2.35. The van der Waals surface area contributed by atoms with Gasteiger partial charge in [-0.2, -0.15) is 0 Å². The molecular formula is C28H23ClF2N3O3-. The van der Waals surface area contributed by atoms with Crippen molar-refractivity contribution in [1.82, 2.24) is 9.55 Å². The molecule has 1 fully saturated rings. The molecule has 4 aromatic rings. The molecule has 0 radical (unpaired) electrons. The molecule has 0 saturated heterocycles. The molecule has 0 bridgehead atoms. The summed E-state index contributed by atoms with van der Waals surface area (Å²) in [5.74, 6) is -3.40. The second-order valence-electron chi connectivity index (χ2n) is 9.26. The number of fused-ring (bicyclic) bond motifs is 1. The predicted molar refractivity (Wildman–Crippen MR) is 135 cm³/mol. The molecule has 1 aliphatic carbocycles. The number of rotatable bonds is 6. The Morgan fingerprint density at radius 3 is 2.27 bits per heavy atom. The van der Waals surface area contributed by atoms with Crippen LogP contribution in [0.1, 0.15) is 48.5 Å². The van der Waals surface area contributed by atoms with Gasteiger partial charge in [-0.05, 0) is 60.7 Å². The topological polar surface area (TPSA) is 87.0 Å². The van der Waals surface area contributed by atoms with Crippen LogP contribution in [0.25, 0.3) is 22.4 Å². The SMILES string of the molecule is O=C([O-])c1ccc(NC(=O)[C@H](C2CCCCC2)n2c(-c3ccc(Cl)cc3)nc3cc(F)c(F)cc32)cc1. The average molecular weight is 523 g/mol. The number of aromatic nitrogens is 2. The fourth-order valence-electron chi connectivity index (χ4n) is 5.07. The number of aromatic carboxylic acids is 1. The Morgan fingerprint density at radius 1 is 0.973 bits per heavy atom. The van der Waals surface area contributed by atoms with E-state index >= 15 is 0 Å². The molecule has 1 aliphatic rings. The lowest BCUT2D eigenvalue weighted by Gasteiger charge is -2.32. The minimum atomic E-state index is -1.32. The first-order valence-electron chi connectivity index (χ1n) is 12.1. The largest absolute Gasteiger partial charge is 0.545 e. The summed E-state index contributed by atoms with van der Waals surface area (Å²) in [7, 11) is 0. The number of halogens is 3. The Labute approximate surface area is 216 Å². The zero-order valence-corrected chi connectivity index (χ0v) is 20.5. The third-order valence-electron chi connectivity index (χ3n) is 6.87. The summed E-state index contributed by atoms with van der Waals surface area (Å²) in [5, 5.41) is 14.5. The van der Waals surface area contributed by atoms with Gasteiger partial charge in [-0.3, -0.25) is 4.79 Å². The standard InChI is InChI=1S/C28H24ClF2N3O3/c29-19-10-6-17(7-11-19)26-33-23-14-21(30)22(31)15-24(23)34(26)25(16-4-2-1-3-5-16)27(35)32-20-12-8-18(9-13-20)28(36)37/h6-16,25H,1-5H2,(H,32,35)(H,36,37)/p-1/t25-/m0/s1. The van der Waals surface area contributed by atoms with Crippen molar-refractivity contribution in [1.29, 1.82) is 0 Å². The number of benzene rings is 3. The number of carboxylic acid groups (broad SMARTS) is 1. The van der Waals surface area contributed by atoms with Crippen molar-refractivity contribution < 1.29 is 23.5 Å². The van der Waals surface area contributed by atoms with Crippen LogP contribution < -0.4 is 10.4 Å². The van der Waals surface area contributed by atoms with E-state index in [1.165, 1.54) is 24.3 Å². The lowest BCUT2D eigenvalue weighted by atomic mass is 9.83. The third kappa shape index (κ3) is 5.06. The molecular weight excluding hydrogens is 500 g/mol. The van der Waals surface area contributed by atoms with Crippen molar-refractivity contribution in [2.24, 2.45) is 5.92 Å². The van der Waals surface area contributed by atoms with Crippen molar-refractivity contribution in [3.63, 3.8) is 0 Å². The normalized spacial score (nSPS) is 15.0. The van der Waals surface area contributed by atoms with E-state index in [1.54, 1.807) is 28.8 Å². The molecule has 5 rings (SSSR count). The maximum absolute atomic E-state index is 14.5. The summed E-state index contributed by atoms with van der Waals surface area (Å²) in [6, 6.07) is 13.9. The Morgan fingerprint density at radius 2 is 1.62 bits per heavy atom. The molecule has 0 unspecified atom stereocenters. The molecule has 1 heterocycles. The summed E-state index contributed by atoms with van der Waals surface area (Å²) < 4.78 is 30.3. The molecule has 0 aliphatic heterocycles. The average Bonchev–Trinajstić information content (AvgIpc) is 3.23. The monoisotopic (exact) mass is 522 g/mol. The molecule has 1 atom stereocenters. The van der Waals surface area contributed by atoms with Gasteiger partial charge in [0.1, 0.15) is 11.9 Å². The minimum absolute atomic E-state index is 0.00930. The van der Waals surface area contributed by atoms with Gasteiger partial charge in [0.15, 0.2) is 11.6 Å². The Bertz CT molecular complexity index is 1460. The van der Waals surface area contributed by atoms with Crippen LogP contribution in [0.5, 0.6) is 0 Å². The second-order valence-corrected chi connectivity index (χ2v) is 9.70. The smallest absolute Gasteiger partial charge is 0.247 e. The van der Waals surface area contributed by atoms with Crippen molar-refractivity contribution in [2.45, 2.75) is 38.1 Å². The van der Waals surface area contributed by atoms with Crippen LogP contribution in [0.4, 0.5) is 14.5 Å². The molecule has 1 aromatic heterocycles. The van der Waals surface area contributed by atoms with Crippen LogP contribution in [0.15, 0.2) is 60.7 Å². The van der Waals surface area contributed by atoms with E-state index in [0.717, 1.165) is 44.2 Å². The molecule has 0 spiro atoms. The number of amides is 1. The maximum Gasteiger partial charge on any atom is 0.247 e. The predicted octanol–water partition coefficient (Wildman–Crippen LogP) is 5.76. The van der Waals surface area contributed by atoms with Crippen LogP contribution in [-0.2, 0) is 4.79 Å². The Balaban J connectivity index is 1.65. The number of carbonyl (C=O) groups excluding carboxylic acids is 2. The first-order chi connectivity index (χ1) is 17.8. The zero-order valence-electron chi connectivity index (χ0n) is 19.7. The number of nitrogens with zero attached hydrogens (tertiary/aromatic N) is 2. The van der Waals surface area contributed by atoms with E-state index in [1.807, 2.05) is 0 Å². The van der Waals surface area contributed by atoms with Crippen LogP contribution in [0.2, 0.25) is 5.02 Å². The van der Waals surface area contributed by atoms with Crippen molar-refractivity contribution in [3.8, 4) is 11.4 Å². The first kappa shape index (κ1) is 24.9. The summed E-state index contributed by atoms with van der Waals surface area (Å²) in [4.78, 5) is 29.6. The maximum atomic E-state index is 14.5. The molecule has 1 saturated carbocycles. The fraction of sp³-hybridized carbons (Fsp3) is 0.250. The van der Waals surface area contributed by atoms with Crippen molar-refractivity contribution in [2.75, 3.05) is 5.32 Å². The number of carbonyl (C=O) groups is 2. The number of nitrogens with one attached hydrogen (secondary N) is 1. The number of imidazole rings is 1. The molecule has 9 heteroatoms. The van der Waals surface area contributed by atoms with Crippen molar-refractivity contribution >= 4 is 40.2 Å². The highest BCUT2D eigenvalue weighted by molar-refractivity contribution is 6.30. The number of hydrogen-bond acceptors (Lipinski definition) is 4. The van der Waals surface area contributed by atoms with Crippen LogP contribution in [-0.4, -0.2) is 21.4 Å². The van der Waals surface area contributed by atoms with Gasteiger partial charge in [0.05, 0.1) is 17.0 Å².